The number of hydrogen-bond acceptors (Lipinski definition) is 3. The molecule has 4 nitrogen and oxygen atoms in total. The van der Waals surface area contributed by atoms with Crippen molar-refractivity contribution in [1.29, 1.82) is 0 Å². The summed E-state index contributed by atoms with van der Waals surface area (Å²) in [6.07, 6.45) is 0. The number of aromatic nitrogens is 2. The second-order valence-electron chi connectivity index (χ2n) is 4.51. The molecule has 3 rings (SSSR count). The number of rotatable bonds is 1. The van der Waals surface area contributed by atoms with Gasteiger partial charge in [-0.1, -0.05) is 29.8 Å². The smallest absolute Gasteiger partial charge is 0.254 e. The number of benzene rings is 1. The van der Waals surface area contributed by atoms with Crippen LogP contribution < -0.4 is 0 Å². The molecule has 0 atom stereocenters. The molecular weight excluding hydrogens is 262 g/mol. The Kier molecular flexibility index (Phi) is 2.95. The van der Waals surface area contributed by atoms with E-state index in [9.17, 15) is 4.79 Å². The number of aryl methyl sites for hydroxylation is 1. The highest BCUT2D eigenvalue weighted by Crippen LogP contribution is 2.27. The summed E-state index contributed by atoms with van der Waals surface area (Å²) in [5.74, 6) is 0.630. The van der Waals surface area contributed by atoms with E-state index in [1.54, 1.807) is 11.8 Å². The van der Waals surface area contributed by atoms with E-state index in [1.165, 1.54) is 0 Å². The van der Waals surface area contributed by atoms with Gasteiger partial charge in [0.05, 0.1) is 18.8 Å². The van der Waals surface area contributed by atoms with Crippen molar-refractivity contribution in [2.45, 2.75) is 20.0 Å². The number of fused-ring (bicyclic) bond motifs is 1. The van der Waals surface area contributed by atoms with E-state index in [4.69, 9.17) is 11.6 Å². The van der Waals surface area contributed by atoms with Crippen molar-refractivity contribution in [2.75, 3.05) is 0 Å². The average Bonchev–Trinajstić information content (AvgIpc) is 2.83. The lowest BCUT2D eigenvalue weighted by atomic mass is 10.2. The van der Waals surface area contributed by atoms with Crippen LogP contribution in [0, 0.1) is 6.92 Å². The Morgan fingerprint density at radius 3 is 2.68 bits per heavy atom. The molecule has 2 heterocycles. The van der Waals surface area contributed by atoms with E-state index < -0.39 is 0 Å². The largest absolute Gasteiger partial charge is 0.328 e. The van der Waals surface area contributed by atoms with Crippen molar-refractivity contribution >= 4 is 17.5 Å². The molecule has 0 radical (unpaired) electrons. The molecule has 1 aromatic carbocycles. The Morgan fingerprint density at radius 1 is 1.21 bits per heavy atom. The third-order valence-corrected chi connectivity index (χ3v) is 3.46. The van der Waals surface area contributed by atoms with Crippen LogP contribution in [0.4, 0.5) is 0 Å². The number of nitrogens with zero attached hydrogens (tertiary/aromatic N) is 3. The van der Waals surface area contributed by atoms with Crippen LogP contribution in [0.5, 0.6) is 0 Å². The minimum absolute atomic E-state index is 0.00711. The summed E-state index contributed by atoms with van der Waals surface area (Å²) >= 11 is 6.10. The van der Waals surface area contributed by atoms with Crippen LogP contribution in [0.3, 0.4) is 0 Å². The van der Waals surface area contributed by atoms with E-state index in [2.05, 4.69) is 9.97 Å². The molecule has 1 aromatic heterocycles. The van der Waals surface area contributed by atoms with E-state index in [1.807, 2.05) is 30.3 Å². The van der Waals surface area contributed by atoms with Crippen LogP contribution in [0.1, 0.15) is 27.4 Å². The van der Waals surface area contributed by atoms with Gasteiger partial charge in [-0.2, -0.15) is 0 Å². The fourth-order valence-corrected chi connectivity index (χ4v) is 2.53. The van der Waals surface area contributed by atoms with Gasteiger partial charge >= 0.3 is 0 Å². The number of amides is 1. The molecule has 0 N–H and O–H groups in total. The maximum absolute atomic E-state index is 12.3. The van der Waals surface area contributed by atoms with Gasteiger partial charge in [0.2, 0.25) is 0 Å². The molecule has 2 aromatic rings. The lowest BCUT2D eigenvalue weighted by Crippen LogP contribution is -2.25. The van der Waals surface area contributed by atoms with E-state index in [0.717, 1.165) is 11.3 Å². The van der Waals surface area contributed by atoms with E-state index >= 15 is 0 Å². The molecule has 0 unspecified atom stereocenters. The zero-order valence-electron chi connectivity index (χ0n) is 10.4. The molecule has 19 heavy (non-hydrogen) atoms. The first-order valence-corrected chi connectivity index (χ1v) is 6.39. The monoisotopic (exact) mass is 273 g/mol. The summed E-state index contributed by atoms with van der Waals surface area (Å²) in [6.45, 7) is 2.77. The van der Waals surface area contributed by atoms with Gasteiger partial charge in [-0.05, 0) is 19.1 Å². The van der Waals surface area contributed by atoms with Gasteiger partial charge < -0.3 is 4.90 Å². The topological polar surface area (TPSA) is 46.1 Å². The first-order chi connectivity index (χ1) is 9.15. The summed E-state index contributed by atoms with van der Waals surface area (Å²) < 4.78 is 0. The van der Waals surface area contributed by atoms with Gasteiger partial charge in [0.25, 0.3) is 5.91 Å². The van der Waals surface area contributed by atoms with Gasteiger partial charge in [0.1, 0.15) is 11.0 Å². The molecule has 1 aliphatic rings. The molecule has 0 fully saturated rings. The van der Waals surface area contributed by atoms with Gasteiger partial charge in [-0.15, -0.1) is 0 Å². The Bertz CT molecular complexity index is 643. The molecule has 0 bridgehead atoms. The van der Waals surface area contributed by atoms with Crippen LogP contribution >= 0.6 is 11.6 Å². The summed E-state index contributed by atoms with van der Waals surface area (Å²) in [6, 6.07) is 9.22. The fraction of sp³-hybridized carbons (Fsp3) is 0.214. The highest BCUT2D eigenvalue weighted by molar-refractivity contribution is 6.30. The number of halogens is 1. The summed E-state index contributed by atoms with van der Waals surface area (Å²) in [5, 5.41) is 0.450. The standard InChI is InChI=1S/C14H12ClN3O/c1-9-16-12-8-18(7-11(12)13(15)17-9)14(19)10-5-3-2-4-6-10/h2-6H,7-8H2,1H3. The van der Waals surface area contributed by atoms with Crippen molar-refractivity contribution in [3.63, 3.8) is 0 Å². The SMILES string of the molecule is Cc1nc(Cl)c2c(n1)CN(C(=O)c1ccccc1)C2. The van der Waals surface area contributed by atoms with Crippen LogP contribution in [-0.2, 0) is 13.1 Å². The number of hydrogen-bond donors (Lipinski definition) is 0. The van der Waals surface area contributed by atoms with Crippen molar-refractivity contribution in [3.8, 4) is 0 Å². The zero-order valence-corrected chi connectivity index (χ0v) is 11.2. The molecule has 0 aliphatic carbocycles. The van der Waals surface area contributed by atoms with Crippen LogP contribution in [0.25, 0.3) is 0 Å². The number of carbonyl (C=O) groups excluding carboxylic acids is 1. The van der Waals surface area contributed by atoms with E-state index in [-0.39, 0.29) is 5.91 Å². The normalized spacial score (nSPS) is 13.5. The molecule has 0 saturated carbocycles. The molecule has 1 aliphatic heterocycles. The second-order valence-corrected chi connectivity index (χ2v) is 4.87. The average molecular weight is 274 g/mol. The summed E-state index contributed by atoms with van der Waals surface area (Å²) in [7, 11) is 0. The number of carbonyl (C=O) groups is 1. The molecule has 96 valence electrons. The van der Waals surface area contributed by atoms with Crippen LogP contribution in [-0.4, -0.2) is 20.8 Å². The Labute approximate surface area is 116 Å². The van der Waals surface area contributed by atoms with Crippen LogP contribution in [0.15, 0.2) is 30.3 Å². The molecule has 0 spiro atoms. The highest BCUT2D eigenvalue weighted by atomic mass is 35.5. The fourth-order valence-electron chi connectivity index (χ4n) is 2.24. The third kappa shape index (κ3) is 2.19. The maximum Gasteiger partial charge on any atom is 0.254 e. The van der Waals surface area contributed by atoms with Gasteiger partial charge in [0, 0.05) is 11.1 Å². The Hall–Kier alpha value is -1.94. The summed E-state index contributed by atoms with van der Waals surface area (Å²) in [4.78, 5) is 22.6. The predicted molar refractivity (Wildman–Crippen MR) is 71.8 cm³/mol. The Morgan fingerprint density at radius 2 is 1.95 bits per heavy atom. The third-order valence-electron chi connectivity index (χ3n) is 3.15. The lowest BCUT2D eigenvalue weighted by Gasteiger charge is -2.14. The van der Waals surface area contributed by atoms with Gasteiger partial charge in [0.15, 0.2) is 0 Å². The predicted octanol–water partition coefficient (Wildman–Crippen LogP) is 2.59. The minimum Gasteiger partial charge on any atom is -0.328 e. The second kappa shape index (κ2) is 4.63. The molecular formula is C14H12ClN3O. The molecule has 0 saturated heterocycles. The first kappa shape index (κ1) is 12.1. The molecule has 5 heteroatoms. The van der Waals surface area contributed by atoms with Gasteiger partial charge in [-0.3, -0.25) is 4.79 Å². The highest BCUT2D eigenvalue weighted by Gasteiger charge is 2.27. The Balaban J connectivity index is 1.88. The first-order valence-electron chi connectivity index (χ1n) is 6.01. The lowest BCUT2D eigenvalue weighted by molar-refractivity contribution is 0.0750. The van der Waals surface area contributed by atoms with Crippen molar-refractivity contribution in [2.24, 2.45) is 0 Å². The van der Waals surface area contributed by atoms with Crippen molar-refractivity contribution in [1.82, 2.24) is 14.9 Å². The maximum atomic E-state index is 12.3. The minimum atomic E-state index is -0.00711. The van der Waals surface area contributed by atoms with Crippen LogP contribution in [0.2, 0.25) is 5.15 Å². The van der Waals surface area contributed by atoms with Crippen molar-refractivity contribution in [3.05, 3.63) is 58.1 Å². The summed E-state index contributed by atoms with van der Waals surface area (Å²) in [5.41, 5.74) is 2.38. The van der Waals surface area contributed by atoms with E-state index in [0.29, 0.717) is 29.6 Å². The zero-order chi connectivity index (χ0) is 13.4. The van der Waals surface area contributed by atoms with Crippen molar-refractivity contribution < 1.29 is 4.79 Å². The quantitative estimate of drug-likeness (QED) is 0.750. The molecule has 1 amide bonds. The van der Waals surface area contributed by atoms with Gasteiger partial charge in [-0.25, -0.2) is 9.97 Å².